The number of carbonyl (C=O) groups is 1. The minimum Gasteiger partial charge on any atom is -0.366 e. The second-order valence-corrected chi connectivity index (χ2v) is 6.26. The van der Waals surface area contributed by atoms with Gasteiger partial charge in [0, 0.05) is 5.69 Å². The maximum Gasteiger partial charge on any atom is 0.243 e. The van der Waals surface area contributed by atoms with E-state index in [2.05, 4.69) is 16.0 Å². The molecule has 7 heteroatoms. The number of hydrogen-bond donors (Lipinski definition) is 4. The normalized spacial score (nSPS) is 21.7. The summed E-state index contributed by atoms with van der Waals surface area (Å²) in [6, 6.07) is 8.64. The van der Waals surface area contributed by atoms with Gasteiger partial charge in [0.1, 0.15) is 6.04 Å². The smallest absolute Gasteiger partial charge is 0.243 e. The maximum atomic E-state index is 12.4. The van der Waals surface area contributed by atoms with Crippen molar-refractivity contribution in [2.75, 3.05) is 11.9 Å². The van der Waals surface area contributed by atoms with Crippen molar-refractivity contribution in [1.82, 2.24) is 10.6 Å². The highest BCUT2D eigenvalue weighted by Crippen LogP contribution is 2.12. The van der Waals surface area contributed by atoms with Crippen molar-refractivity contribution in [3.8, 4) is 0 Å². The lowest BCUT2D eigenvalue weighted by atomic mass is 10.0. The van der Waals surface area contributed by atoms with Crippen LogP contribution in [0.5, 0.6) is 0 Å². The molecule has 1 saturated heterocycles. The Labute approximate surface area is 141 Å². The molecule has 6 nitrogen and oxygen atoms in total. The van der Waals surface area contributed by atoms with Gasteiger partial charge in [-0.25, -0.2) is 0 Å². The molecule has 1 aromatic rings. The molecule has 1 fully saturated rings. The Hall–Kier alpha value is -1.70. The highest BCUT2D eigenvalue weighted by atomic mass is 32.1. The lowest BCUT2D eigenvalue weighted by molar-refractivity contribution is -0.127. The average Bonchev–Trinajstić information content (AvgIpc) is 2.90. The predicted molar refractivity (Wildman–Crippen MR) is 92.9 cm³/mol. The van der Waals surface area contributed by atoms with E-state index >= 15 is 0 Å². The van der Waals surface area contributed by atoms with E-state index in [1.54, 1.807) is 0 Å². The first-order valence-electron chi connectivity index (χ1n) is 7.70. The van der Waals surface area contributed by atoms with Crippen molar-refractivity contribution < 1.29 is 14.6 Å². The van der Waals surface area contributed by atoms with Gasteiger partial charge >= 0.3 is 0 Å². The fourth-order valence-corrected chi connectivity index (χ4v) is 2.60. The summed E-state index contributed by atoms with van der Waals surface area (Å²) < 4.78 is 5.05. The summed E-state index contributed by atoms with van der Waals surface area (Å²) in [5, 5.41) is 18.9. The van der Waals surface area contributed by atoms with Gasteiger partial charge in [-0.05, 0) is 36.7 Å². The number of aliphatic hydroxyl groups excluding tert-OH is 1. The van der Waals surface area contributed by atoms with Gasteiger partial charge in [0.05, 0.1) is 12.6 Å². The largest absolute Gasteiger partial charge is 0.366 e. The van der Waals surface area contributed by atoms with Crippen LogP contribution in [-0.4, -0.2) is 41.1 Å². The highest BCUT2D eigenvalue weighted by Gasteiger charge is 2.31. The minimum absolute atomic E-state index is 0.0324. The molecule has 0 bridgehead atoms. The molecule has 1 aromatic carbocycles. The lowest BCUT2D eigenvalue weighted by Gasteiger charge is -2.25. The summed E-state index contributed by atoms with van der Waals surface area (Å²) in [5.41, 5.74) is 0.854. The molecule has 1 aliphatic rings. The summed E-state index contributed by atoms with van der Waals surface area (Å²) in [7, 11) is 0. The number of nitrogens with one attached hydrogen (secondary N) is 3. The van der Waals surface area contributed by atoms with Gasteiger partial charge in [-0.3, -0.25) is 4.79 Å². The number of amides is 1. The number of carbonyl (C=O) groups excluding carboxylic acids is 1. The highest BCUT2D eigenvalue weighted by molar-refractivity contribution is 7.80. The van der Waals surface area contributed by atoms with Crippen molar-refractivity contribution >= 4 is 28.9 Å². The lowest BCUT2D eigenvalue weighted by Crippen LogP contribution is -2.54. The molecule has 1 amide bonds. The Kier molecular flexibility index (Phi) is 6.32. The molecule has 0 aliphatic carbocycles. The fraction of sp³-hybridized carbons (Fsp3) is 0.500. The molecule has 23 heavy (non-hydrogen) atoms. The van der Waals surface area contributed by atoms with Crippen LogP contribution >= 0.6 is 12.2 Å². The molecular formula is C16H23N3O3S. The molecule has 126 valence electrons. The monoisotopic (exact) mass is 337 g/mol. The van der Waals surface area contributed by atoms with Crippen LogP contribution in [0.25, 0.3) is 0 Å². The Balaban J connectivity index is 1.92. The van der Waals surface area contributed by atoms with Crippen LogP contribution in [-0.2, 0) is 9.53 Å². The van der Waals surface area contributed by atoms with Gasteiger partial charge in [-0.2, -0.15) is 0 Å². The van der Waals surface area contributed by atoms with Crippen molar-refractivity contribution in [2.24, 2.45) is 5.92 Å². The Morgan fingerprint density at radius 1 is 1.35 bits per heavy atom. The first-order chi connectivity index (χ1) is 11.0. The van der Waals surface area contributed by atoms with Gasteiger partial charge in [-0.1, -0.05) is 32.0 Å². The topological polar surface area (TPSA) is 82.6 Å². The first-order valence-corrected chi connectivity index (χ1v) is 8.11. The first kappa shape index (κ1) is 17.7. The van der Waals surface area contributed by atoms with Crippen molar-refractivity contribution in [3.63, 3.8) is 0 Å². The van der Waals surface area contributed by atoms with Crippen LogP contribution in [0.2, 0.25) is 0 Å². The summed E-state index contributed by atoms with van der Waals surface area (Å²) in [6.07, 6.45) is -0.342. The van der Waals surface area contributed by atoms with E-state index in [0.29, 0.717) is 18.1 Å². The fourth-order valence-electron chi connectivity index (χ4n) is 2.36. The third kappa shape index (κ3) is 5.16. The number of aliphatic hydroxyl groups is 1. The quantitative estimate of drug-likeness (QED) is 0.605. The van der Waals surface area contributed by atoms with E-state index in [9.17, 15) is 9.90 Å². The predicted octanol–water partition coefficient (Wildman–Crippen LogP) is 1.22. The molecule has 0 aromatic heterocycles. The van der Waals surface area contributed by atoms with Gasteiger partial charge in [0.15, 0.2) is 11.4 Å². The second-order valence-electron chi connectivity index (χ2n) is 5.85. The van der Waals surface area contributed by atoms with Crippen LogP contribution in [0.3, 0.4) is 0 Å². The molecule has 1 aliphatic heterocycles. The van der Waals surface area contributed by atoms with Crippen LogP contribution in [0.1, 0.15) is 20.3 Å². The molecular weight excluding hydrogens is 314 g/mol. The van der Waals surface area contributed by atoms with E-state index < -0.39 is 12.3 Å². The van der Waals surface area contributed by atoms with Gasteiger partial charge < -0.3 is 25.8 Å². The number of thiocarbonyl (C=S) groups is 1. The number of hydrogen-bond acceptors (Lipinski definition) is 4. The summed E-state index contributed by atoms with van der Waals surface area (Å²) in [4.78, 5) is 12.4. The van der Waals surface area contributed by atoms with Crippen molar-refractivity contribution in [1.29, 1.82) is 0 Å². The van der Waals surface area contributed by atoms with Crippen LogP contribution in [0.15, 0.2) is 30.3 Å². The van der Waals surface area contributed by atoms with Crippen LogP contribution in [0, 0.1) is 5.92 Å². The molecule has 3 atom stereocenters. The minimum atomic E-state index is -0.943. The average molecular weight is 337 g/mol. The molecule has 2 rings (SSSR count). The number of anilines is 1. The number of ether oxygens (including phenoxy) is 1. The van der Waals surface area contributed by atoms with Crippen LogP contribution in [0.4, 0.5) is 5.69 Å². The number of benzene rings is 1. The molecule has 0 radical (unpaired) electrons. The van der Waals surface area contributed by atoms with E-state index in [1.165, 1.54) is 0 Å². The van der Waals surface area contributed by atoms with E-state index in [0.717, 1.165) is 5.69 Å². The third-order valence-electron chi connectivity index (χ3n) is 3.66. The molecule has 0 saturated carbocycles. The van der Waals surface area contributed by atoms with E-state index in [-0.39, 0.29) is 17.9 Å². The third-order valence-corrected chi connectivity index (χ3v) is 3.88. The number of rotatable bonds is 5. The van der Waals surface area contributed by atoms with Gasteiger partial charge in [-0.15, -0.1) is 0 Å². The standard InChI is InChI=1S/C16H23N3O3S/c1-10(2)13(14(20)18-12-8-9-22-15(12)21)19-16(23)17-11-6-4-3-5-7-11/h3-7,10,12-13,15,21H,8-9H2,1-2H3,(H,18,20)(H2,17,19,23)/t12-,13-,15?/m0/s1. The molecule has 0 spiro atoms. The zero-order valence-electron chi connectivity index (χ0n) is 13.3. The van der Waals surface area contributed by atoms with Crippen LogP contribution < -0.4 is 16.0 Å². The molecule has 4 N–H and O–H groups in total. The Morgan fingerprint density at radius 3 is 2.61 bits per heavy atom. The summed E-state index contributed by atoms with van der Waals surface area (Å²) in [5.74, 6) is -0.170. The zero-order chi connectivity index (χ0) is 16.8. The Morgan fingerprint density at radius 2 is 2.04 bits per heavy atom. The van der Waals surface area contributed by atoms with E-state index in [4.69, 9.17) is 17.0 Å². The number of para-hydroxylation sites is 1. The Bertz CT molecular complexity index is 539. The van der Waals surface area contributed by atoms with Crippen molar-refractivity contribution in [3.05, 3.63) is 30.3 Å². The summed E-state index contributed by atoms with van der Waals surface area (Å²) in [6.45, 7) is 4.31. The maximum absolute atomic E-state index is 12.4. The summed E-state index contributed by atoms with van der Waals surface area (Å²) >= 11 is 5.28. The van der Waals surface area contributed by atoms with Gasteiger partial charge in [0.25, 0.3) is 0 Å². The van der Waals surface area contributed by atoms with E-state index in [1.807, 2.05) is 44.2 Å². The molecule has 1 unspecified atom stereocenters. The van der Waals surface area contributed by atoms with Gasteiger partial charge in [0.2, 0.25) is 5.91 Å². The second kappa shape index (κ2) is 8.24. The zero-order valence-corrected chi connectivity index (χ0v) is 14.1. The van der Waals surface area contributed by atoms with Crippen molar-refractivity contribution in [2.45, 2.75) is 38.6 Å². The molecule has 1 heterocycles. The SMILES string of the molecule is CC(C)[C@H](NC(=S)Nc1ccccc1)C(=O)N[C@H]1CCOC1O.